The van der Waals surface area contributed by atoms with Crippen molar-refractivity contribution in [3.05, 3.63) is 29.6 Å². The summed E-state index contributed by atoms with van der Waals surface area (Å²) in [6, 6.07) is 2.70. The molecule has 0 aromatic carbocycles. The van der Waals surface area contributed by atoms with Crippen LogP contribution in [0.15, 0.2) is 18.3 Å². The Labute approximate surface area is 103 Å². The highest BCUT2D eigenvalue weighted by atomic mass is 32.1. The van der Waals surface area contributed by atoms with E-state index in [1.807, 2.05) is 0 Å². The molecule has 94 valence electrons. The van der Waals surface area contributed by atoms with E-state index in [9.17, 15) is 13.2 Å². The fraction of sp³-hybridized carbons (Fsp3) is 0.545. The summed E-state index contributed by atoms with van der Waals surface area (Å²) in [6.45, 7) is 1.71. The molecule has 0 amide bonds. The lowest BCUT2D eigenvalue weighted by Crippen LogP contribution is -2.14. The minimum absolute atomic E-state index is 0.172. The van der Waals surface area contributed by atoms with Gasteiger partial charge < -0.3 is 5.32 Å². The molecule has 1 saturated heterocycles. The van der Waals surface area contributed by atoms with E-state index in [1.165, 1.54) is 6.20 Å². The van der Waals surface area contributed by atoms with E-state index in [1.54, 1.807) is 6.07 Å². The molecule has 1 aliphatic rings. The number of thiol groups is 1. The molecule has 0 saturated carbocycles. The van der Waals surface area contributed by atoms with Gasteiger partial charge in [0.25, 0.3) is 0 Å². The number of nitrogens with zero attached hydrogens (tertiary/aromatic N) is 1. The Bertz CT molecular complexity index is 389. The summed E-state index contributed by atoms with van der Waals surface area (Å²) in [5.41, 5.74) is -0.260. The summed E-state index contributed by atoms with van der Waals surface area (Å²) in [4.78, 5) is 3.35. The maximum Gasteiger partial charge on any atom is 0.433 e. The van der Waals surface area contributed by atoms with Gasteiger partial charge in [0.2, 0.25) is 0 Å². The Hall–Kier alpha value is -0.750. The Balaban J connectivity index is 2.20. The number of nitrogens with one attached hydrogen (secondary N) is 1. The summed E-state index contributed by atoms with van der Waals surface area (Å²) in [5.74, 6) is 0.279. The van der Waals surface area contributed by atoms with Crippen LogP contribution in [0.2, 0.25) is 0 Å². The quantitative estimate of drug-likeness (QED) is 0.801. The summed E-state index contributed by atoms with van der Waals surface area (Å²) >= 11 is 4.42. The zero-order valence-corrected chi connectivity index (χ0v) is 9.93. The fourth-order valence-corrected chi connectivity index (χ4v) is 2.42. The largest absolute Gasteiger partial charge is 0.433 e. The number of hydrogen-bond acceptors (Lipinski definition) is 3. The minimum atomic E-state index is -4.39. The van der Waals surface area contributed by atoms with Crippen molar-refractivity contribution in [1.29, 1.82) is 0 Å². The number of hydrogen-bond donors (Lipinski definition) is 2. The van der Waals surface area contributed by atoms with E-state index >= 15 is 0 Å². The first-order valence-corrected chi connectivity index (χ1v) is 5.92. The predicted octanol–water partition coefficient (Wildman–Crippen LogP) is 2.68. The molecule has 1 aromatic heterocycles. The van der Waals surface area contributed by atoms with Crippen molar-refractivity contribution in [2.75, 3.05) is 13.1 Å². The molecule has 0 radical (unpaired) electrons. The van der Waals surface area contributed by atoms with Gasteiger partial charge in [0.15, 0.2) is 0 Å². The first kappa shape index (κ1) is 12.7. The Morgan fingerprint density at radius 1 is 1.47 bits per heavy atom. The van der Waals surface area contributed by atoms with Gasteiger partial charge in [0.05, 0.1) is 0 Å². The molecule has 2 heterocycles. The maximum absolute atomic E-state index is 12.5. The predicted molar refractivity (Wildman–Crippen MR) is 61.9 cm³/mol. The molecule has 0 aliphatic carbocycles. The molecule has 6 heteroatoms. The molecule has 0 bridgehead atoms. The van der Waals surface area contributed by atoms with Gasteiger partial charge in [-0.25, -0.2) is 0 Å². The van der Waals surface area contributed by atoms with Crippen LogP contribution in [0.4, 0.5) is 13.2 Å². The van der Waals surface area contributed by atoms with Gasteiger partial charge in [0, 0.05) is 11.4 Å². The third kappa shape index (κ3) is 2.93. The first-order chi connectivity index (χ1) is 7.98. The molecule has 2 nitrogen and oxygen atoms in total. The van der Waals surface area contributed by atoms with Crippen molar-refractivity contribution in [2.45, 2.75) is 17.8 Å². The van der Waals surface area contributed by atoms with Gasteiger partial charge in [-0.3, -0.25) is 4.98 Å². The molecule has 1 unspecified atom stereocenters. The van der Waals surface area contributed by atoms with Crippen LogP contribution in [0.5, 0.6) is 0 Å². The summed E-state index contributed by atoms with van der Waals surface area (Å²) < 4.78 is 37.5. The second-order valence-electron chi connectivity index (χ2n) is 4.17. The van der Waals surface area contributed by atoms with Crippen molar-refractivity contribution in [3.8, 4) is 0 Å². The van der Waals surface area contributed by atoms with Crippen LogP contribution in [0.25, 0.3) is 0 Å². The SMILES string of the molecule is FC(F)(F)c1cc(C(S)[C@H]2CCNC2)ccn1. The van der Waals surface area contributed by atoms with E-state index < -0.39 is 11.9 Å². The lowest BCUT2D eigenvalue weighted by atomic mass is 9.98. The van der Waals surface area contributed by atoms with E-state index in [2.05, 4.69) is 22.9 Å². The fourth-order valence-electron chi connectivity index (χ4n) is 2.00. The lowest BCUT2D eigenvalue weighted by Gasteiger charge is -2.18. The average molecular weight is 262 g/mol. The molecule has 1 fully saturated rings. The van der Waals surface area contributed by atoms with Gasteiger partial charge in [0.1, 0.15) is 5.69 Å². The first-order valence-electron chi connectivity index (χ1n) is 5.40. The summed E-state index contributed by atoms with van der Waals surface area (Å²) in [5, 5.41) is 3.01. The number of halogens is 3. The number of rotatable bonds is 2. The molecule has 17 heavy (non-hydrogen) atoms. The molecule has 1 aliphatic heterocycles. The van der Waals surface area contributed by atoms with E-state index in [-0.39, 0.29) is 11.2 Å². The highest BCUT2D eigenvalue weighted by Crippen LogP contribution is 2.35. The Morgan fingerprint density at radius 2 is 2.24 bits per heavy atom. The van der Waals surface area contributed by atoms with E-state index in [0.29, 0.717) is 5.56 Å². The highest BCUT2D eigenvalue weighted by Gasteiger charge is 2.33. The lowest BCUT2D eigenvalue weighted by molar-refractivity contribution is -0.141. The van der Waals surface area contributed by atoms with E-state index in [4.69, 9.17) is 0 Å². The van der Waals surface area contributed by atoms with Gasteiger partial charge in [-0.05, 0) is 43.1 Å². The van der Waals surface area contributed by atoms with Gasteiger partial charge in [-0.2, -0.15) is 25.8 Å². The van der Waals surface area contributed by atoms with Crippen LogP contribution >= 0.6 is 12.6 Å². The Morgan fingerprint density at radius 3 is 2.82 bits per heavy atom. The second-order valence-corrected chi connectivity index (χ2v) is 4.73. The average Bonchev–Trinajstić information content (AvgIpc) is 2.80. The van der Waals surface area contributed by atoms with Crippen molar-refractivity contribution in [1.82, 2.24) is 10.3 Å². The van der Waals surface area contributed by atoms with Crippen LogP contribution in [0.3, 0.4) is 0 Å². The number of pyridine rings is 1. The zero-order valence-electron chi connectivity index (χ0n) is 9.04. The van der Waals surface area contributed by atoms with Crippen LogP contribution in [-0.2, 0) is 6.18 Å². The standard InChI is InChI=1S/C11H13F3N2S/c12-11(13,14)9-5-7(2-4-16-9)10(17)8-1-3-15-6-8/h2,4-5,8,10,15,17H,1,3,6H2/t8-,10?/m0/s1. The van der Waals surface area contributed by atoms with Crippen LogP contribution in [-0.4, -0.2) is 18.1 Å². The topological polar surface area (TPSA) is 24.9 Å². The monoisotopic (exact) mass is 262 g/mol. The molecule has 2 rings (SSSR count). The van der Waals surface area contributed by atoms with Crippen LogP contribution in [0, 0.1) is 5.92 Å². The van der Waals surface area contributed by atoms with Crippen molar-refractivity contribution < 1.29 is 13.2 Å². The van der Waals surface area contributed by atoms with Crippen molar-refractivity contribution >= 4 is 12.6 Å². The normalized spacial score (nSPS) is 22.7. The number of aromatic nitrogens is 1. The molecular weight excluding hydrogens is 249 g/mol. The molecular formula is C11H13F3N2S. The molecule has 2 atom stereocenters. The third-order valence-electron chi connectivity index (χ3n) is 2.96. The Kier molecular flexibility index (Phi) is 3.63. The molecule has 0 spiro atoms. The molecule has 1 aromatic rings. The third-order valence-corrected chi connectivity index (χ3v) is 3.68. The highest BCUT2D eigenvalue weighted by molar-refractivity contribution is 7.80. The molecule has 1 N–H and O–H groups in total. The van der Waals surface area contributed by atoms with Crippen LogP contribution in [0.1, 0.15) is 22.9 Å². The second kappa shape index (κ2) is 4.86. The van der Waals surface area contributed by atoms with Crippen molar-refractivity contribution in [2.24, 2.45) is 5.92 Å². The maximum atomic E-state index is 12.5. The van der Waals surface area contributed by atoms with Crippen LogP contribution < -0.4 is 5.32 Å². The van der Waals surface area contributed by atoms with Crippen molar-refractivity contribution in [3.63, 3.8) is 0 Å². The zero-order chi connectivity index (χ0) is 12.5. The van der Waals surface area contributed by atoms with E-state index in [0.717, 1.165) is 25.6 Å². The smallest absolute Gasteiger partial charge is 0.316 e. The minimum Gasteiger partial charge on any atom is -0.316 e. The van der Waals surface area contributed by atoms with Gasteiger partial charge >= 0.3 is 6.18 Å². The number of alkyl halides is 3. The van der Waals surface area contributed by atoms with Gasteiger partial charge in [-0.1, -0.05) is 0 Å². The summed E-state index contributed by atoms with van der Waals surface area (Å²) in [6.07, 6.45) is -2.25. The van der Waals surface area contributed by atoms with Gasteiger partial charge in [-0.15, -0.1) is 0 Å². The summed E-state index contributed by atoms with van der Waals surface area (Å²) in [7, 11) is 0.